The van der Waals surface area contributed by atoms with E-state index in [0.717, 1.165) is 24.0 Å². The fourth-order valence-corrected chi connectivity index (χ4v) is 4.53. The van der Waals surface area contributed by atoms with Crippen LogP contribution in [0, 0.1) is 0 Å². The minimum atomic E-state index is -0.326. The van der Waals surface area contributed by atoms with Crippen LogP contribution in [0.1, 0.15) is 62.8 Å². The molecule has 0 unspecified atom stereocenters. The first-order chi connectivity index (χ1) is 16.9. The molecule has 8 nitrogen and oxygen atoms in total. The van der Waals surface area contributed by atoms with E-state index in [1.165, 1.54) is 4.90 Å². The van der Waals surface area contributed by atoms with E-state index in [1.54, 1.807) is 44.4 Å². The van der Waals surface area contributed by atoms with Crippen molar-refractivity contribution in [2.24, 2.45) is 0 Å². The van der Waals surface area contributed by atoms with Crippen molar-refractivity contribution in [1.29, 1.82) is 0 Å². The van der Waals surface area contributed by atoms with E-state index in [2.05, 4.69) is 0 Å². The van der Waals surface area contributed by atoms with Crippen molar-refractivity contribution in [3.05, 3.63) is 58.7 Å². The quantitative estimate of drug-likeness (QED) is 0.533. The minimum absolute atomic E-state index is 0.177. The van der Waals surface area contributed by atoms with E-state index in [1.807, 2.05) is 25.1 Å². The van der Waals surface area contributed by atoms with Crippen LogP contribution in [0.3, 0.4) is 0 Å². The number of ether oxygens (including phenoxy) is 3. The Kier molecular flexibility index (Phi) is 7.10. The molecule has 184 valence electrons. The fourth-order valence-electron chi connectivity index (χ4n) is 4.53. The molecule has 2 heterocycles. The summed E-state index contributed by atoms with van der Waals surface area (Å²) in [6.45, 7) is 3.30. The predicted molar refractivity (Wildman–Crippen MR) is 131 cm³/mol. The number of carbonyl (C=O) groups excluding carboxylic acids is 3. The highest BCUT2D eigenvalue weighted by atomic mass is 16.5. The normalized spacial score (nSPS) is 15.1. The lowest BCUT2D eigenvalue weighted by Crippen LogP contribution is -2.34. The molecule has 0 atom stereocenters. The summed E-state index contributed by atoms with van der Waals surface area (Å²) in [4.78, 5) is 41.6. The maximum Gasteiger partial charge on any atom is 0.261 e. The zero-order valence-corrected chi connectivity index (χ0v) is 20.6. The van der Waals surface area contributed by atoms with Crippen molar-refractivity contribution in [2.75, 3.05) is 41.0 Å². The van der Waals surface area contributed by atoms with E-state index in [4.69, 9.17) is 14.2 Å². The van der Waals surface area contributed by atoms with Gasteiger partial charge in [-0.05, 0) is 36.6 Å². The molecule has 8 heteroatoms. The first-order valence-electron chi connectivity index (χ1n) is 11.7. The monoisotopic (exact) mass is 478 g/mol. The van der Waals surface area contributed by atoms with Gasteiger partial charge in [0.1, 0.15) is 17.2 Å². The van der Waals surface area contributed by atoms with Gasteiger partial charge in [0.05, 0.1) is 38.0 Å². The lowest BCUT2D eigenvalue weighted by molar-refractivity contribution is 0.0652. The maximum absolute atomic E-state index is 13.2. The molecule has 3 amide bonds. The summed E-state index contributed by atoms with van der Waals surface area (Å²) in [6, 6.07) is 8.39. The maximum atomic E-state index is 13.2. The van der Waals surface area contributed by atoms with Crippen molar-refractivity contribution in [1.82, 2.24) is 9.80 Å². The second-order valence-electron chi connectivity index (χ2n) is 8.51. The highest BCUT2D eigenvalue weighted by molar-refractivity contribution is 6.22. The van der Waals surface area contributed by atoms with Crippen LogP contribution in [-0.2, 0) is 0 Å². The number of fused-ring (bicyclic) bond motifs is 1. The first kappa shape index (κ1) is 24.3. The standard InChI is InChI=1S/C27H30N2O6/c1-5-6-11-29-26(31)20-8-7-18(14-21(20)27(29)32)25(30)28-12-9-17(10-13-28)24-22(34-3)15-19(33-2)16-23(24)35-4/h7-9,14-16H,5-6,10-13H2,1-4H3. The number of hydrogen-bond acceptors (Lipinski definition) is 6. The third-order valence-corrected chi connectivity index (χ3v) is 6.49. The Balaban J connectivity index is 1.54. The molecule has 0 fully saturated rings. The molecule has 0 radical (unpaired) electrons. The van der Waals surface area contributed by atoms with Gasteiger partial charge in [0, 0.05) is 37.3 Å². The number of imide groups is 1. The SMILES string of the molecule is CCCCN1C(=O)c2ccc(C(=O)N3CC=C(c4c(OC)cc(OC)cc4OC)CC3)cc2C1=O. The molecular weight excluding hydrogens is 448 g/mol. The van der Waals surface area contributed by atoms with E-state index < -0.39 is 0 Å². The average molecular weight is 479 g/mol. The molecular formula is C27H30N2O6. The van der Waals surface area contributed by atoms with Crippen molar-refractivity contribution in [3.63, 3.8) is 0 Å². The fraction of sp³-hybridized carbons (Fsp3) is 0.370. The van der Waals surface area contributed by atoms with Crippen LogP contribution < -0.4 is 14.2 Å². The number of unbranched alkanes of at least 4 members (excludes halogenated alkanes) is 1. The summed E-state index contributed by atoms with van der Waals surface area (Å²) in [6.07, 6.45) is 4.24. The molecule has 2 aliphatic rings. The molecule has 4 rings (SSSR count). The van der Waals surface area contributed by atoms with E-state index in [-0.39, 0.29) is 17.7 Å². The number of nitrogens with zero attached hydrogens (tertiary/aromatic N) is 2. The van der Waals surface area contributed by atoms with Crippen molar-refractivity contribution < 1.29 is 28.6 Å². The lowest BCUT2D eigenvalue weighted by atomic mass is 9.96. The molecule has 0 aliphatic carbocycles. The number of carbonyl (C=O) groups is 3. The molecule has 0 bridgehead atoms. The number of amides is 3. The van der Waals surface area contributed by atoms with Crippen molar-refractivity contribution in [3.8, 4) is 17.2 Å². The van der Waals surface area contributed by atoms with E-state index in [0.29, 0.717) is 60.0 Å². The van der Waals surface area contributed by atoms with Gasteiger partial charge in [-0.15, -0.1) is 0 Å². The van der Waals surface area contributed by atoms with E-state index >= 15 is 0 Å². The number of rotatable bonds is 8. The molecule has 0 saturated heterocycles. The molecule has 2 aromatic rings. The largest absolute Gasteiger partial charge is 0.496 e. The summed E-state index contributed by atoms with van der Waals surface area (Å²) < 4.78 is 16.5. The van der Waals surface area contributed by atoms with Gasteiger partial charge in [-0.2, -0.15) is 0 Å². The summed E-state index contributed by atoms with van der Waals surface area (Å²) in [7, 11) is 4.78. The molecule has 0 spiro atoms. The number of benzene rings is 2. The highest BCUT2D eigenvalue weighted by Gasteiger charge is 2.36. The second-order valence-corrected chi connectivity index (χ2v) is 8.51. The summed E-state index contributed by atoms with van der Waals surface area (Å²) in [5, 5.41) is 0. The Hall–Kier alpha value is -3.81. The third kappa shape index (κ3) is 4.48. The summed E-state index contributed by atoms with van der Waals surface area (Å²) in [5.74, 6) is 1.12. The Labute approximate surface area is 205 Å². The van der Waals surface area contributed by atoms with E-state index in [9.17, 15) is 14.4 Å². The Morgan fingerprint density at radius 3 is 2.20 bits per heavy atom. The Morgan fingerprint density at radius 2 is 1.63 bits per heavy atom. The van der Waals surface area contributed by atoms with Crippen LogP contribution in [-0.4, -0.2) is 68.5 Å². The van der Waals surface area contributed by atoms with Crippen LogP contribution in [0.2, 0.25) is 0 Å². The summed E-state index contributed by atoms with van der Waals surface area (Å²) in [5.41, 5.74) is 2.93. The second kappa shape index (κ2) is 10.2. The molecule has 0 aromatic heterocycles. The zero-order valence-electron chi connectivity index (χ0n) is 20.6. The van der Waals surface area contributed by atoms with Gasteiger partial charge in [-0.25, -0.2) is 0 Å². The van der Waals surface area contributed by atoms with Gasteiger partial charge in [0.2, 0.25) is 0 Å². The Morgan fingerprint density at radius 1 is 0.943 bits per heavy atom. The van der Waals surface area contributed by atoms with Gasteiger partial charge >= 0.3 is 0 Å². The smallest absolute Gasteiger partial charge is 0.261 e. The molecule has 0 saturated carbocycles. The van der Waals surface area contributed by atoms with Crippen LogP contribution in [0.25, 0.3) is 5.57 Å². The summed E-state index contributed by atoms with van der Waals surface area (Å²) >= 11 is 0. The topological polar surface area (TPSA) is 85.4 Å². The lowest BCUT2D eigenvalue weighted by Gasteiger charge is -2.28. The van der Waals surface area contributed by atoms with Crippen LogP contribution in [0.4, 0.5) is 0 Å². The van der Waals surface area contributed by atoms with Gasteiger partial charge in [-0.3, -0.25) is 19.3 Å². The third-order valence-electron chi connectivity index (χ3n) is 6.49. The van der Waals surface area contributed by atoms with Crippen LogP contribution in [0.15, 0.2) is 36.4 Å². The van der Waals surface area contributed by atoms with Crippen molar-refractivity contribution in [2.45, 2.75) is 26.2 Å². The molecule has 0 N–H and O–H groups in total. The molecule has 2 aromatic carbocycles. The average Bonchev–Trinajstić information content (AvgIpc) is 3.14. The van der Waals surface area contributed by atoms with Crippen LogP contribution in [0.5, 0.6) is 17.2 Å². The van der Waals surface area contributed by atoms with Gasteiger partial charge < -0.3 is 19.1 Å². The molecule has 35 heavy (non-hydrogen) atoms. The minimum Gasteiger partial charge on any atom is -0.496 e. The number of hydrogen-bond donors (Lipinski definition) is 0. The molecule has 2 aliphatic heterocycles. The number of methoxy groups -OCH3 is 3. The van der Waals surface area contributed by atoms with Gasteiger partial charge in [0.25, 0.3) is 17.7 Å². The predicted octanol–water partition coefficient (Wildman–Crippen LogP) is 4.04. The van der Waals surface area contributed by atoms with Crippen LogP contribution >= 0.6 is 0 Å². The van der Waals surface area contributed by atoms with Crippen molar-refractivity contribution >= 4 is 23.3 Å². The highest BCUT2D eigenvalue weighted by Crippen LogP contribution is 2.41. The Bertz CT molecular complexity index is 1180. The zero-order chi connectivity index (χ0) is 25.1. The van der Waals surface area contributed by atoms with Gasteiger partial charge in [0.15, 0.2) is 0 Å². The van der Waals surface area contributed by atoms with Gasteiger partial charge in [-0.1, -0.05) is 19.4 Å². The first-order valence-corrected chi connectivity index (χ1v) is 11.7.